The van der Waals surface area contributed by atoms with Gasteiger partial charge in [0.25, 0.3) is 0 Å². The molecule has 2 aromatic heterocycles. The molecule has 2 N–H and O–H groups in total. The highest BCUT2D eigenvalue weighted by Gasteiger charge is 2.15. The Labute approximate surface area is 126 Å². The van der Waals surface area contributed by atoms with E-state index in [4.69, 9.17) is 0 Å². The fourth-order valence-electron chi connectivity index (χ4n) is 3.00. The monoisotopic (exact) mass is 287 g/mol. The van der Waals surface area contributed by atoms with Gasteiger partial charge in [-0.3, -0.25) is 9.78 Å². The van der Waals surface area contributed by atoms with Crippen molar-refractivity contribution >= 4 is 0 Å². The lowest BCUT2D eigenvalue weighted by Gasteiger charge is -2.13. The van der Waals surface area contributed by atoms with Crippen molar-refractivity contribution in [3.63, 3.8) is 0 Å². The SMILES string of the molecule is C[C@H](CCn1cccn1)NCc1n[nH]c2c1CCCCC2. The third-order valence-corrected chi connectivity index (χ3v) is 4.36. The fourth-order valence-corrected chi connectivity index (χ4v) is 3.00. The third-order valence-electron chi connectivity index (χ3n) is 4.36. The number of aromatic amines is 1. The molecule has 0 amide bonds. The van der Waals surface area contributed by atoms with E-state index < -0.39 is 0 Å². The van der Waals surface area contributed by atoms with Gasteiger partial charge in [0.1, 0.15) is 0 Å². The Kier molecular flexibility index (Phi) is 4.70. The first-order chi connectivity index (χ1) is 10.3. The molecule has 0 fully saturated rings. The van der Waals surface area contributed by atoms with Gasteiger partial charge in [-0.15, -0.1) is 0 Å². The average Bonchev–Trinajstić information content (AvgIpc) is 3.08. The first-order valence-corrected chi connectivity index (χ1v) is 8.08. The van der Waals surface area contributed by atoms with E-state index in [1.54, 1.807) is 0 Å². The van der Waals surface area contributed by atoms with Crippen LogP contribution >= 0.6 is 0 Å². The van der Waals surface area contributed by atoms with Crippen LogP contribution in [0.25, 0.3) is 0 Å². The van der Waals surface area contributed by atoms with Crippen LogP contribution in [-0.4, -0.2) is 26.0 Å². The van der Waals surface area contributed by atoms with Gasteiger partial charge in [-0.05, 0) is 50.7 Å². The molecule has 0 saturated carbocycles. The lowest BCUT2D eigenvalue weighted by molar-refractivity contribution is 0.455. The predicted molar refractivity (Wildman–Crippen MR) is 83.0 cm³/mol. The molecular weight excluding hydrogens is 262 g/mol. The number of aryl methyl sites for hydroxylation is 2. The Morgan fingerprint density at radius 2 is 2.24 bits per heavy atom. The average molecular weight is 287 g/mol. The van der Waals surface area contributed by atoms with E-state index in [1.807, 2.05) is 23.1 Å². The standard InChI is InChI=1S/C16H25N5/c1-13(8-11-21-10-5-9-18-21)17-12-16-14-6-3-2-4-7-15(14)19-20-16/h5,9-10,13,17H,2-4,6-8,11-12H2,1H3,(H,19,20)/t13-/m1/s1. The Bertz CT molecular complexity index is 543. The second-order valence-corrected chi connectivity index (χ2v) is 6.03. The quantitative estimate of drug-likeness (QED) is 0.802. The zero-order valence-electron chi connectivity index (χ0n) is 12.8. The fraction of sp³-hybridized carbons (Fsp3) is 0.625. The maximum atomic E-state index is 4.52. The maximum absolute atomic E-state index is 4.52. The van der Waals surface area contributed by atoms with Crippen LogP contribution in [0.5, 0.6) is 0 Å². The van der Waals surface area contributed by atoms with Gasteiger partial charge in [0.15, 0.2) is 0 Å². The number of aromatic nitrogens is 4. The molecule has 5 nitrogen and oxygen atoms in total. The van der Waals surface area contributed by atoms with Gasteiger partial charge in [-0.1, -0.05) is 6.42 Å². The zero-order chi connectivity index (χ0) is 14.5. The summed E-state index contributed by atoms with van der Waals surface area (Å²) in [5.41, 5.74) is 4.06. The van der Waals surface area contributed by atoms with E-state index in [9.17, 15) is 0 Å². The molecule has 0 spiro atoms. The molecule has 0 saturated heterocycles. The van der Waals surface area contributed by atoms with Crippen LogP contribution in [0.1, 0.15) is 49.6 Å². The van der Waals surface area contributed by atoms with Crippen LogP contribution in [0.4, 0.5) is 0 Å². The predicted octanol–water partition coefficient (Wildman–Crippen LogP) is 2.44. The summed E-state index contributed by atoms with van der Waals surface area (Å²) in [6.07, 6.45) is 11.2. The van der Waals surface area contributed by atoms with Crippen molar-refractivity contribution in [2.45, 2.75) is 64.6 Å². The highest BCUT2D eigenvalue weighted by atomic mass is 15.3. The Morgan fingerprint density at radius 1 is 1.33 bits per heavy atom. The molecule has 1 aliphatic rings. The summed E-state index contributed by atoms with van der Waals surface area (Å²) >= 11 is 0. The number of H-pyrrole nitrogens is 1. The van der Waals surface area contributed by atoms with Crippen LogP contribution in [-0.2, 0) is 25.9 Å². The van der Waals surface area contributed by atoms with E-state index in [-0.39, 0.29) is 0 Å². The minimum Gasteiger partial charge on any atom is -0.309 e. The summed E-state index contributed by atoms with van der Waals surface area (Å²) in [6, 6.07) is 2.43. The lowest BCUT2D eigenvalue weighted by Crippen LogP contribution is -2.27. The van der Waals surface area contributed by atoms with Crippen molar-refractivity contribution in [3.8, 4) is 0 Å². The number of nitrogens with zero attached hydrogens (tertiary/aromatic N) is 3. The van der Waals surface area contributed by atoms with Gasteiger partial charge in [0, 0.05) is 37.2 Å². The first kappa shape index (κ1) is 14.3. The van der Waals surface area contributed by atoms with Crippen LogP contribution in [0.3, 0.4) is 0 Å². The zero-order valence-corrected chi connectivity index (χ0v) is 12.8. The number of hydrogen-bond donors (Lipinski definition) is 2. The smallest absolute Gasteiger partial charge is 0.0794 e. The molecule has 5 heteroatoms. The largest absolute Gasteiger partial charge is 0.309 e. The molecule has 0 radical (unpaired) electrons. The summed E-state index contributed by atoms with van der Waals surface area (Å²) in [6.45, 7) is 4.06. The molecule has 2 aromatic rings. The summed E-state index contributed by atoms with van der Waals surface area (Å²) in [5.74, 6) is 0. The molecule has 3 rings (SSSR count). The Hall–Kier alpha value is -1.62. The summed E-state index contributed by atoms with van der Waals surface area (Å²) < 4.78 is 1.98. The van der Waals surface area contributed by atoms with Gasteiger partial charge in [-0.2, -0.15) is 10.2 Å². The van der Waals surface area contributed by atoms with E-state index in [0.29, 0.717) is 6.04 Å². The molecular formula is C16H25N5. The van der Waals surface area contributed by atoms with E-state index in [1.165, 1.54) is 42.6 Å². The molecule has 0 aromatic carbocycles. The van der Waals surface area contributed by atoms with Crippen molar-refractivity contribution in [1.82, 2.24) is 25.3 Å². The molecule has 1 aliphatic carbocycles. The molecule has 114 valence electrons. The second kappa shape index (κ2) is 6.89. The minimum atomic E-state index is 0.465. The highest BCUT2D eigenvalue weighted by molar-refractivity contribution is 5.26. The number of hydrogen-bond acceptors (Lipinski definition) is 3. The molecule has 1 atom stereocenters. The summed E-state index contributed by atoms with van der Waals surface area (Å²) in [4.78, 5) is 0. The number of fused-ring (bicyclic) bond motifs is 1. The number of rotatable bonds is 6. The second-order valence-electron chi connectivity index (χ2n) is 6.03. The van der Waals surface area contributed by atoms with Crippen LogP contribution < -0.4 is 5.32 Å². The number of nitrogens with one attached hydrogen (secondary N) is 2. The van der Waals surface area contributed by atoms with Crippen molar-refractivity contribution in [2.75, 3.05) is 0 Å². The van der Waals surface area contributed by atoms with Gasteiger partial charge in [-0.25, -0.2) is 0 Å². The molecule has 2 heterocycles. The van der Waals surface area contributed by atoms with Crippen molar-refractivity contribution < 1.29 is 0 Å². The van der Waals surface area contributed by atoms with Crippen LogP contribution in [0.2, 0.25) is 0 Å². The first-order valence-electron chi connectivity index (χ1n) is 8.08. The normalized spacial score (nSPS) is 16.4. The minimum absolute atomic E-state index is 0.465. The van der Waals surface area contributed by atoms with Crippen LogP contribution in [0.15, 0.2) is 18.5 Å². The molecule has 0 bridgehead atoms. The van der Waals surface area contributed by atoms with Gasteiger partial charge >= 0.3 is 0 Å². The molecule has 0 unspecified atom stereocenters. The third kappa shape index (κ3) is 3.73. The highest BCUT2D eigenvalue weighted by Crippen LogP contribution is 2.21. The topological polar surface area (TPSA) is 58.5 Å². The summed E-state index contributed by atoms with van der Waals surface area (Å²) in [7, 11) is 0. The van der Waals surface area contributed by atoms with Crippen LogP contribution in [0, 0.1) is 0 Å². The Balaban J connectivity index is 1.49. The van der Waals surface area contributed by atoms with E-state index in [0.717, 1.165) is 25.9 Å². The van der Waals surface area contributed by atoms with Crippen molar-refractivity contribution in [3.05, 3.63) is 35.4 Å². The summed E-state index contributed by atoms with van der Waals surface area (Å²) in [5, 5.41) is 15.6. The molecule has 0 aliphatic heterocycles. The van der Waals surface area contributed by atoms with E-state index >= 15 is 0 Å². The van der Waals surface area contributed by atoms with Crippen molar-refractivity contribution in [1.29, 1.82) is 0 Å². The lowest BCUT2D eigenvalue weighted by atomic mass is 10.1. The van der Waals surface area contributed by atoms with Gasteiger partial charge in [0.05, 0.1) is 5.69 Å². The molecule has 21 heavy (non-hydrogen) atoms. The van der Waals surface area contributed by atoms with E-state index in [2.05, 4.69) is 27.5 Å². The Morgan fingerprint density at radius 3 is 3.10 bits per heavy atom. The van der Waals surface area contributed by atoms with Gasteiger partial charge in [0.2, 0.25) is 0 Å². The maximum Gasteiger partial charge on any atom is 0.0794 e. The van der Waals surface area contributed by atoms with Crippen molar-refractivity contribution in [2.24, 2.45) is 0 Å². The van der Waals surface area contributed by atoms with Gasteiger partial charge < -0.3 is 5.32 Å².